The van der Waals surface area contributed by atoms with Gasteiger partial charge in [0.05, 0.1) is 12.5 Å². The van der Waals surface area contributed by atoms with Crippen LogP contribution in [-0.2, 0) is 4.79 Å². The summed E-state index contributed by atoms with van der Waals surface area (Å²) >= 11 is 0. The first-order valence-corrected chi connectivity index (χ1v) is 3.38. The minimum Gasteiger partial charge on any atom is -0.393 e. The van der Waals surface area contributed by atoms with Crippen molar-refractivity contribution in [1.29, 1.82) is 0 Å². The topological polar surface area (TPSA) is 75.3 Å². The predicted molar refractivity (Wildman–Crippen MR) is 37.9 cm³/mol. The smallest absolute Gasteiger partial charge is 0.236 e. The second-order valence-corrected chi connectivity index (χ2v) is 2.21. The Morgan fingerprint density at radius 2 is 2.40 bits per heavy atom. The lowest BCUT2D eigenvalue weighted by atomic mass is 10.1. The fourth-order valence-corrected chi connectivity index (χ4v) is 0.708. The summed E-state index contributed by atoms with van der Waals surface area (Å²) in [4.78, 5) is 10.5. The molecule has 0 aliphatic heterocycles. The summed E-state index contributed by atoms with van der Waals surface area (Å²) in [6, 6.07) is 0. The summed E-state index contributed by atoms with van der Waals surface area (Å²) in [6.07, 6.45) is 1.07. The molecule has 4 nitrogen and oxygen atoms in total. The van der Waals surface area contributed by atoms with Gasteiger partial charge in [-0.3, -0.25) is 10.2 Å². The van der Waals surface area contributed by atoms with Gasteiger partial charge in [0.2, 0.25) is 5.91 Å². The van der Waals surface area contributed by atoms with Crippen molar-refractivity contribution >= 4 is 5.91 Å². The monoisotopic (exact) mass is 146 g/mol. The number of carbonyl (C=O) groups is 1. The number of aliphatic hydroxyl groups is 1. The van der Waals surface area contributed by atoms with Crippen LogP contribution >= 0.6 is 0 Å². The quantitative estimate of drug-likeness (QED) is 0.285. The molecule has 0 aliphatic rings. The molecule has 60 valence electrons. The van der Waals surface area contributed by atoms with Crippen molar-refractivity contribution in [3.63, 3.8) is 0 Å². The van der Waals surface area contributed by atoms with Crippen molar-refractivity contribution in [3.8, 4) is 0 Å². The average Bonchev–Trinajstić information content (AvgIpc) is 1.88. The number of nitrogens with two attached hydrogens (primary N) is 1. The second kappa shape index (κ2) is 5.20. The highest BCUT2D eigenvalue weighted by molar-refractivity contribution is 5.75. The van der Waals surface area contributed by atoms with E-state index < -0.39 is 6.10 Å². The number of hydrazine groups is 1. The highest BCUT2D eigenvalue weighted by Gasteiger charge is 2.07. The molecular weight excluding hydrogens is 132 g/mol. The number of nitrogens with one attached hydrogen (secondary N) is 1. The summed E-state index contributed by atoms with van der Waals surface area (Å²) in [5.74, 6) is 4.49. The number of hydrogen-bond acceptors (Lipinski definition) is 3. The van der Waals surface area contributed by atoms with Crippen LogP contribution in [0.2, 0.25) is 0 Å². The summed E-state index contributed by atoms with van der Waals surface area (Å²) in [5.41, 5.74) is 1.96. The van der Waals surface area contributed by atoms with Crippen LogP contribution in [0.1, 0.15) is 26.2 Å². The summed E-state index contributed by atoms with van der Waals surface area (Å²) in [6.45, 7) is 1.95. The molecule has 10 heavy (non-hydrogen) atoms. The second-order valence-electron chi connectivity index (χ2n) is 2.21. The van der Waals surface area contributed by atoms with Crippen LogP contribution in [0.25, 0.3) is 0 Å². The molecule has 1 amide bonds. The number of carbonyl (C=O) groups excluding carboxylic acids is 1. The third-order valence-electron chi connectivity index (χ3n) is 1.20. The fourth-order valence-electron chi connectivity index (χ4n) is 0.708. The first-order chi connectivity index (χ1) is 4.70. The number of hydrogen-bond donors (Lipinski definition) is 3. The Balaban J connectivity index is 3.37. The number of aliphatic hydroxyl groups excluding tert-OH is 1. The lowest BCUT2D eigenvalue weighted by Gasteiger charge is -2.06. The minimum atomic E-state index is -0.548. The molecule has 0 aliphatic carbocycles. The van der Waals surface area contributed by atoms with Gasteiger partial charge < -0.3 is 5.11 Å². The van der Waals surface area contributed by atoms with Crippen molar-refractivity contribution in [1.82, 2.24) is 5.43 Å². The van der Waals surface area contributed by atoms with E-state index in [0.717, 1.165) is 6.42 Å². The summed E-state index contributed by atoms with van der Waals surface area (Å²) in [7, 11) is 0. The van der Waals surface area contributed by atoms with E-state index in [-0.39, 0.29) is 12.3 Å². The van der Waals surface area contributed by atoms with Gasteiger partial charge in [0.15, 0.2) is 0 Å². The minimum absolute atomic E-state index is 0.102. The molecule has 0 spiro atoms. The van der Waals surface area contributed by atoms with E-state index in [1.165, 1.54) is 0 Å². The van der Waals surface area contributed by atoms with Crippen LogP contribution < -0.4 is 11.3 Å². The first-order valence-electron chi connectivity index (χ1n) is 3.38. The zero-order valence-corrected chi connectivity index (χ0v) is 6.13. The van der Waals surface area contributed by atoms with Gasteiger partial charge in [0.25, 0.3) is 0 Å². The van der Waals surface area contributed by atoms with Gasteiger partial charge in [0.1, 0.15) is 0 Å². The molecule has 1 unspecified atom stereocenters. The van der Waals surface area contributed by atoms with Gasteiger partial charge in [-0.25, -0.2) is 5.84 Å². The van der Waals surface area contributed by atoms with E-state index in [2.05, 4.69) is 0 Å². The van der Waals surface area contributed by atoms with Gasteiger partial charge in [-0.15, -0.1) is 0 Å². The van der Waals surface area contributed by atoms with E-state index in [1.807, 2.05) is 12.3 Å². The van der Waals surface area contributed by atoms with Crippen LogP contribution in [0.15, 0.2) is 0 Å². The van der Waals surface area contributed by atoms with Crippen molar-refractivity contribution in [2.75, 3.05) is 0 Å². The summed E-state index contributed by atoms with van der Waals surface area (Å²) < 4.78 is 0. The maximum absolute atomic E-state index is 10.5. The van der Waals surface area contributed by atoms with Gasteiger partial charge in [-0.2, -0.15) is 0 Å². The van der Waals surface area contributed by atoms with Crippen molar-refractivity contribution < 1.29 is 9.90 Å². The largest absolute Gasteiger partial charge is 0.393 e. The lowest BCUT2D eigenvalue weighted by Crippen LogP contribution is -2.32. The SMILES string of the molecule is CCCC(O)CC(=O)NN. The standard InChI is InChI=1S/C6H14N2O2/c1-2-3-5(9)4-6(10)8-7/h5,9H,2-4,7H2,1H3,(H,8,10). The van der Waals surface area contributed by atoms with E-state index >= 15 is 0 Å². The van der Waals surface area contributed by atoms with E-state index in [4.69, 9.17) is 10.9 Å². The molecular formula is C6H14N2O2. The normalized spacial score (nSPS) is 12.7. The van der Waals surface area contributed by atoms with Gasteiger partial charge in [0, 0.05) is 0 Å². The molecule has 0 saturated heterocycles. The van der Waals surface area contributed by atoms with Crippen LogP contribution in [0.5, 0.6) is 0 Å². The maximum atomic E-state index is 10.5. The Bertz CT molecular complexity index is 106. The maximum Gasteiger partial charge on any atom is 0.236 e. The zero-order valence-electron chi connectivity index (χ0n) is 6.13. The molecule has 0 radical (unpaired) electrons. The van der Waals surface area contributed by atoms with Crippen molar-refractivity contribution in [2.45, 2.75) is 32.3 Å². The molecule has 4 heteroatoms. The Morgan fingerprint density at radius 3 is 2.80 bits per heavy atom. The average molecular weight is 146 g/mol. The van der Waals surface area contributed by atoms with Crippen molar-refractivity contribution in [2.24, 2.45) is 5.84 Å². The zero-order chi connectivity index (χ0) is 7.98. The molecule has 4 N–H and O–H groups in total. The highest BCUT2D eigenvalue weighted by atomic mass is 16.3. The molecule has 1 atom stereocenters. The van der Waals surface area contributed by atoms with Gasteiger partial charge in [-0.05, 0) is 6.42 Å². The molecule has 0 rings (SSSR count). The Hall–Kier alpha value is -0.610. The highest BCUT2D eigenvalue weighted by Crippen LogP contribution is 1.99. The molecule has 0 heterocycles. The molecule has 0 aromatic heterocycles. The van der Waals surface area contributed by atoms with E-state index in [0.29, 0.717) is 6.42 Å². The van der Waals surface area contributed by atoms with Gasteiger partial charge >= 0.3 is 0 Å². The van der Waals surface area contributed by atoms with Crippen LogP contribution in [-0.4, -0.2) is 17.1 Å². The summed E-state index contributed by atoms with van der Waals surface area (Å²) in [5, 5.41) is 9.03. The van der Waals surface area contributed by atoms with E-state index in [9.17, 15) is 4.79 Å². The fraction of sp³-hybridized carbons (Fsp3) is 0.833. The third-order valence-corrected chi connectivity index (χ3v) is 1.20. The number of amides is 1. The Kier molecular flexibility index (Phi) is 4.88. The predicted octanol–water partition coefficient (Wildman–Crippen LogP) is -0.473. The van der Waals surface area contributed by atoms with Crippen LogP contribution in [0.4, 0.5) is 0 Å². The van der Waals surface area contributed by atoms with Crippen molar-refractivity contribution in [3.05, 3.63) is 0 Å². The molecule has 0 aromatic carbocycles. The van der Waals surface area contributed by atoms with Gasteiger partial charge in [-0.1, -0.05) is 13.3 Å². The molecule has 0 bridgehead atoms. The molecule has 0 fully saturated rings. The van der Waals surface area contributed by atoms with E-state index in [1.54, 1.807) is 0 Å². The Labute approximate surface area is 60.4 Å². The van der Waals surface area contributed by atoms with Crippen LogP contribution in [0, 0.1) is 0 Å². The third kappa shape index (κ3) is 4.29. The first kappa shape index (κ1) is 9.39. The number of rotatable bonds is 4. The molecule has 0 saturated carbocycles. The van der Waals surface area contributed by atoms with Crippen LogP contribution in [0.3, 0.4) is 0 Å². The lowest BCUT2D eigenvalue weighted by molar-refractivity contribution is -0.123. The Morgan fingerprint density at radius 1 is 1.80 bits per heavy atom. The molecule has 0 aromatic rings.